The molecule has 0 fully saturated rings. The highest BCUT2D eigenvalue weighted by atomic mass is 79.9. The van der Waals surface area contributed by atoms with Crippen molar-refractivity contribution in [2.24, 2.45) is 0 Å². The Morgan fingerprint density at radius 3 is 2.71 bits per heavy atom. The quantitative estimate of drug-likeness (QED) is 0.678. The maximum atomic E-state index is 13.2. The first kappa shape index (κ1) is 14.6. The Hall–Kier alpha value is -0.450. The fourth-order valence-corrected chi connectivity index (χ4v) is 1.69. The molecule has 1 rings (SSSR count). The van der Waals surface area contributed by atoms with Crippen molar-refractivity contribution in [2.45, 2.75) is 26.4 Å². The molecule has 0 amide bonds. The second-order valence-corrected chi connectivity index (χ2v) is 4.52. The van der Waals surface area contributed by atoms with Crippen LogP contribution in [-0.4, -0.2) is 19.8 Å². The van der Waals surface area contributed by atoms with E-state index in [1.165, 1.54) is 6.07 Å². The lowest BCUT2D eigenvalue weighted by Crippen LogP contribution is -2.05. The van der Waals surface area contributed by atoms with E-state index in [1.54, 1.807) is 6.07 Å². The zero-order valence-corrected chi connectivity index (χ0v) is 11.6. The van der Waals surface area contributed by atoms with Gasteiger partial charge in [-0.05, 0) is 34.0 Å². The molecule has 0 atom stereocenters. The van der Waals surface area contributed by atoms with Crippen molar-refractivity contribution in [3.63, 3.8) is 0 Å². The fourth-order valence-electron chi connectivity index (χ4n) is 1.31. The predicted molar refractivity (Wildman–Crippen MR) is 69.5 cm³/mol. The Morgan fingerprint density at radius 1 is 1.18 bits per heavy atom. The zero-order valence-electron chi connectivity index (χ0n) is 10.0. The highest BCUT2D eigenvalue weighted by molar-refractivity contribution is 9.10. The van der Waals surface area contributed by atoms with Gasteiger partial charge in [0.05, 0.1) is 24.3 Å². The van der Waals surface area contributed by atoms with Gasteiger partial charge in [0.1, 0.15) is 5.82 Å². The summed E-state index contributed by atoms with van der Waals surface area (Å²) in [5, 5.41) is 0. The summed E-state index contributed by atoms with van der Waals surface area (Å²) in [5.41, 5.74) is 0.818. The van der Waals surface area contributed by atoms with Crippen LogP contribution in [0.15, 0.2) is 22.7 Å². The van der Waals surface area contributed by atoms with Gasteiger partial charge in [0.15, 0.2) is 0 Å². The Kier molecular flexibility index (Phi) is 7.40. The van der Waals surface area contributed by atoms with Crippen LogP contribution in [0.2, 0.25) is 0 Å². The summed E-state index contributed by atoms with van der Waals surface area (Å²) >= 11 is 3.20. The SMILES string of the molecule is CCCCOCCOCc1cccc(F)c1Br. The second-order valence-electron chi connectivity index (χ2n) is 3.73. The highest BCUT2D eigenvalue weighted by Crippen LogP contribution is 2.20. The van der Waals surface area contributed by atoms with Crippen LogP contribution in [0, 0.1) is 5.82 Å². The molecule has 1 aromatic carbocycles. The largest absolute Gasteiger partial charge is 0.379 e. The maximum absolute atomic E-state index is 13.2. The number of hydrogen-bond donors (Lipinski definition) is 0. The molecule has 4 heteroatoms. The van der Waals surface area contributed by atoms with Gasteiger partial charge < -0.3 is 9.47 Å². The molecule has 0 N–H and O–H groups in total. The average molecular weight is 305 g/mol. The van der Waals surface area contributed by atoms with Gasteiger partial charge in [-0.3, -0.25) is 0 Å². The number of ether oxygens (including phenoxy) is 2. The number of hydrogen-bond acceptors (Lipinski definition) is 2. The number of unbranched alkanes of at least 4 members (excludes halogenated alkanes) is 1. The molecular formula is C13H18BrFO2. The van der Waals surface area contributed by atoms with Crippen LogP contribution in [0.1, 0.15) is 25.3 Å². The van der Waals surface area contributed by atoms with E-state index in [-0.39, 0.29) is 5.82 Å². The Balaban J connectivity index is 2.16. The van der Waals surface area contributed by atoms with Crippen molar-refractivity contribution in [1.82, 2.24) is 0 Å². The third kappa shape index (κ3) is 5.61. The summed E-state index contributed by atoms with van der Waals surface area (Å²) in [6.07, 6.45) is 2.21. The molecule has 1 aromatic rings. The normalized spacial score (nSPS) is 10.8. The fraction of sp³-hybridized carbons (Fsp3) is 0.538. The minimum atomic E-state index is -0.259. The molecule has 2 nitrogen and oxygen atoms in total. The van der Waals surface area contributed by atoms with E-state index in [0.717, 1.165) is 25.0 Å². The van der Waals surface area contributed by atoms with Crippen LogP contribution < -0.4 is 0 Å². The summed E-state index contributed by atoms with van der Waals surface area (Å²) in [5.74, 6) is -0.259. The van der Waals surface area contributed by atoms with Crippen LogP contribution in [0.4, 0.5) is 4.39 Å². The van der Waals surface area contributed by atoms with E-state index in [4.69, 9.17) is 9.47 Å². The predicted octanol–water partition coefficient (Wildman–Crippen LogP) is 3.92. The first-order chi connectivity index (χ1) is 8.25. The van der Waals surface area contributed by atoms with E-state index in [0.29, 0.717) is 24.3 Å². The smallest absolute Gasteiger partial charge is 0.137 e. The van der Waals surface area contributed by atoms with Crippen LogP contribution >= 0.6 is 15.9 Å². The highest BCUT2D eigenvalue weighted by Gasteiger charge is 2.04. The Labute approximate surface area is 110 Å². The van der Waals surface area contributed by atoms with Crippen molar-refractivity contribution in [1.29, 1.82) is 0 Å². The van der Waals surface area contributed by atoms with Crippen molar-refractivity contribution in [3.05, 3.63) is 34.1 Å². The van der Waals surface area contributed by atoms with Gasteiger partial charge in [0.25, 0.3) is 0 Å². The second kappa shape index (κ2) is 8.61. The minimum absolute atomic E-state index is 0.259. The maximum Gasteiger partial charge on any atom is 0.137 e. The van der Waals surface area contributed by atoms with E-state index in [2.05, 4.69) is 22.9 Å². The summed E-state index contributed by atoms with van der Waals surface area (Å²) in [4.78, 5) is 0. The standard InChI is InChI=1S/C13H18BrFO2/c1-2-3-7-16-8-9-17-10-11-5-4-6-12(15)13(11)14/h4-6H,2-3,7-10H2,1H3. The molecule has 0 unspecified atom stereocenters. The van der Waals surface area contributed by atoms with E-state index in [1.807, 2.05) is 6.07 Å². The molecule has 0 aliphatic rings. The summed E-state index contributed by atoms with van der Waals surface area (Å²) in [6, 6.07) is 4.93. The third-order valence-corrected chi connectivity index (χ3v) is 3.19. The van der Waals surface area contributed by atoms with Crippen molar-refractivity contribution in [2.75, 3.05) is 19.8 Å². The lowest BCUT2D eigenvalue weighted by Gasteiger charge is -2.07. The van der Waals surface area contributed by atoms with Crippen LogP contribution in [0.25, 0.3) is 0 Å². The molecule has 0 spiro atoms. The summed E-state index contributed by atoms with van der Waals surface area (Å²) in [6.45, 7) is 4.43. The van der Waals surface area contributed by atoms with Gasteiger partial charge in [-0.2, -0.15) is 0 Å². The molecule has 17 heavy (non-hydrogen) atoms. The van der Waals surface area contributed by atoms with Crippen LogP contribution in [0.5, 0.6) is 0 Å². The Morgan fingerprint density at radius 2 is 1.94 bits per heavy atom. The Bertz CT molecular complexity index is 331. The van der Waals surface area contributed by atoms with E-state index >= 15 is 0 Å². The molecular weight excluding hydrogens is 287 g/mol. The molecule has 0 saturated heterocycles. The van der Waals surface area contributed by atoms with Crippen molar-refractivity contribution >= 4 is 15.9 Å². The average Bonchev–Trinajstić information content (AvgIpc) is 2.33. The third-order valence-electron chi connectivity index (χ3n) is 2.30. The molecule has 0 aliphatic carbocycles. The summed E-state index contributed by atoms with van der Waals surface area (Å²) < 4.78 is 24.4. The lowest BCUT2D eigenvalue weighted by atomic mass is 10.2. The number of benzene rings is 1. The van der Waals surface area contributed by atoms with Crippen molar-refractivity contribution < 1.29 is 13.9 Å². The monoisotopic (exact) mass is 304 g/mol. The first-order valence-corrected chi connectivity index (χ1v) is 6.63. The van der Waals surface area contributed by atoms with Gasteiger partial charge in [-0.15, -0.1) is 0 Å². The van der Waals surface area contributed by atoms with Gasteiger partial charge in [0, 0.05) is 6.61 Å². The first-order valence-electron chi connectivity index (χ1n) is 5.84. The molecule has 96 valence electrons. The van der Waals surface area contributed by atoms with E-state index < -0.39 is 0 Å². The van der Waals surface area contributed by atoms with E-state index in [9.17, 15) is 4.39 Å². The molecule has 0 bridgehead atoms. The van der Waals surface area contributed by atoms with Gasteiger partial charge in [0.2, 0.25) is 0 Å². The molecule has 0 heterocycles. The number of rotatable bonds is 8. The van der Waals surface area contributed by atoms with Crippen LogP contribution in [0.3, 0.4) is 0 Å². The zero-order chi connectivity index (χ0) is 12.5. The molecule has 0 saturated carbocycles. The summed E-state index contributed by atoms with van der Waals surface area (Å²) in [7, 11) is 0. The number of halogens is 2. The molecule has 0 aliphatic heterocycles. The molecule has 0 radical (unpaired) electrons. The topological polar surface area (TPSA) is 18.5 Å². The van der Waals surface area contributed by atoms with Crippen LogP contribution in [-0.2, 0) is 16.1 Å². The lowest BCUT2D eigenvalue weighted by molar-refractivity contribution is 0.0394. The molecule has 0 aromatic heterocycles. The van der Waals surface area contributed by atoms with Crippen molar-refractivity contribution in [3.8, 4) is 0 Å². The minimum Gasteiger partial charge on any atom is -0.379 e. The van der Waals surface area contributed by atoms with Gasteiger partial charge in [-0.1, -0.05) is 25.5 Å². The van der Waals surface area contributed by atoms with Gasteiger partial charge >= 0.3 is 0 Å². The van der Waals surface area contributed by atoms with Gasteiger partial charge in [-0.25, -0.2) is 4.39 Å².